The van der Waals surface area contributed by atoms with Crippen molar-refractivity contribution in [1.29, 1.82) is 0 Å². The fourth-order valence-corrected chi connectivity index (χ4v) is 6.29. The summed E-state index contributed by atoms with van der Waals surface area (Å²) in [7, 11) is 0. The van der Waals surface area contributed by atoms with Crippen molar-refractivity contribution in [2.75, 3.05) is 37.6 Å². The molecule has 1 saturated heterocycles. The van der Waals surface area contributed by atoms with E-state index in [1.165, 1.54) is 17.0 Å². The van der Waals surface area contributed by atoms with Crippen molar-refractivity contribution in [2.24, 2.45) is 0 Å². The molecule has 5 rings (SSSR count). The summed E-state index contributed by atoms with van der Waals surface area (Å²) in [5.74, 6) is 0.805. The third-order valence-corrected chi connectivity index (χ3v) is 8.23. The van der Waals surface area contributed by atoms with Crippen LogP contribution in [0.4, 0.5) is 10.1 Å². The standard InChI is InChI=1S/C26H30FN3O2S/c27-20-7-9-21(10-8-20)29-13-15-30(16-14-29)22(23-5-3-17-32-23)19-28-25(31)26(11-1-2-12-26)24-6-4-18-33-24/h3-10,17-18,22H,1-2,11-16,19H2,(H,28,31). The van der Waals surface area contributed by atoms with Gasteiger partial charge in [0.05, 0.1) is 17.7 Å². The summed E-state index contributed by atoms with van der Waals surface area (Å²) in [4.78, 5) is 19.3. The maximum absolute atomic E-state index is 13.5. The number of piperazine rings is 1. The van der Waals surface area contributed by atoms with E-state index in [1.54, 1.807) is 17.6 Å². The van der Waals surface area contributed by atoms with E-state index in [9.17, 15) is 9.18 Å². The van der Waals surface area contributed by atoms with E-state index in [2.05, 4.69) is 26.6 Å². The molecule has 1 amide bonds. The third-order valence-electron chi connectivity index (χ3n) is 7.16. The first kappa shape index (κ1) is 22.2. The number of anilines is 1. The number of nitrogens with one attached hydrogen (secondary N) is 1. The van der Waals surface area contributed by atoms with Gasteiger partial charge in [0.1, 0.15) is 11.6 Å². The second-order valence-electron chi connectivity index (χ2n) is 9.01. The van der Waals surface area contributed by atoms with Crippen molar-refractivity contribution in [3.05, 3.63) is 76.6 Å². The molecule has 1 aliphatic heterocycles. The highest BCUT2D eigenvalue weighted by Crippen LogP contribution is 2.43. The van der Waals surface area contributed by atoms with E-state index < -0.39 is 0 Å². The second kappa shape index (κ2) is 9.69. The molecule has 0 spiro atoms. The number of thiophene rings is 1. The van der Waals surface area contributed by atoms with Crippen LogP contribution in [0.15, 0.2) is 64.6 Å². The third kappa shape index (κ3) is 4.57. The van der Waals surface area contributed by atoms with Crippen LogP contribution >= 0.6 is 11.3 Å². The van der Waals surface area contributed by atoms with Gasteiger partial charge in [-0.2, -0.15) is 0 Å². The molecule has 2 aliphatic rings. The molecule has 1 unspecified atom stereocenters. The molecule has 1 N–H and O–H groups in total. The molecule has 3 heterocycles. The van der Waals surface area contributed by atoms with E-state index in [0.717, 1.165) is 63.3 Å². The molecular weight excluding hydrogens is 437 g/mol. The van der Waals surface area contributed by atoms with Crippen LogP contribution in [-0.2, 0) is 10.2 Å². The Kier molecular flexibility index (Phi) is 6.51. The van der Waals surface area contributed by atoms with Crippen molar-refractivity contribution >= 4 is 22.9 Å². The van der Waals surface area contributed by atoms with Crippen molar-refractivity contribution in [3.8, 4) is 0 Å². The van der Waals surface area contributed by atoms with Crippen LogP contribution in [0.5, 0.6) is 0 Å². The molecule has 2 aromatic heterocycles. The Morgan fingerprint density at radius 3 is 2.45 bits per heavy atom. The molecular formula is C26H30FN3O2S. The van der Waals surface area contributed by atoms with Crippen LogP contribution < -0.4 is 10.2 Å². The minimum Gasteiger partial charge on any atom is -0.468 e. The van der Waals surface area contributed by atoms with Gasteiger partial charge in [-0.3, -0.25) is 9.69 Å². The fourth-order valence-electron chi connectivity index (χ4n) is 5.31. The lowest BCUT2D eigenvalue weighted by Crippen LogP contribution is -2.51. The summed E-state index contributed by atoms with van der Waals surface area (Å²) in [6, 6.07) is 14.7. The smallest absolute Gasteiger partial charge is 0.231 e. The van der Waals surface area contributed by atoms with E-state index >= 15 is 0 Å². The number of rotatable bonds is 7. The Labute approximate surface area is 198 Å². The highest BCUT2D eigenvalue weighted by Gasteiger charge is 2.43. The van der Waals surface area contributed by atoms with Gasteiger partial charge in [0.2, 0.25) is 5.91 Å². The number of nitrogens with zero attached hydrogens (tertiary/aromatic N) is 2. The van der Waals surface area contributed by atoms with Crippen LogP contribution in [0, 0.1) is 5.82 Å². The number of halogens is 1. The van der Waals surface area contributed by atoms with Gasteiger partial charge in [-0.15, -0.1) is 11.3 Å². The zero-order valence-corrected chi connectivity index (χ0v) is 19.5. The minimum atomic E-state index is -0.386. The molecule has 1 atom stereocenters. The topological polar surface area (TPSA) is 48.7 Å². The molecule has 7 heteroatoms. The molecule has 0 bridgehead atoms. The molecule has 174 valence electrons. The monoisotopic (exact) mass is 467 g/mol. The lowest BCUT2D eigenvalue weighted by molar-refractivity contribution is -0.126. The molecule has 1 saturated carbocycles. The van der Waals surface area contributed by atoms with Crippen LogP contribution in [0.3, 0.4) is 0 Å². The minimum absolute atomic E-state index is 0.0129. The normalized spacial score (nSPS) is 19.5. The van der Waals surface area contributed by atoms with Crippen LogP contribution in [0.1, 0.15) is 42.4 Å². The Balaban J connectivity index is 1.26. The highest BCUT2D eigenvalue weighted by atomic mass is 32.1. The quantitative estimate of drug-likeness (QED) is 0.533. The molecule has 0 radical (unpaired) electrons. The number of carbonyl (C=O) groups is 1. The SMILES string of the molecule is O=C(NCC(c1ccco1)N1CCN(c2ccc(F)cc2)CC1)C1(c2cccs2)CCCC1. The number of carbonyl (C=O) groups excluding carboxylic acids is 1. The van der Waals surface area contributed by atoms with Crippen LogP contribution in [0.25, 0.3) is 0 Å². The summed E-state index contributed by atoms with van der Waals surface area (Å²) in [6.45, 7) is 3.89. The van der Waals surface area contributed by atoms with Gasteiger partial charge < -0.3 is 14.6 Å². The summed E-state index contributed by atoms with van der Waals surface area (Å²) in [5.41, 5.74) is 0.654. The molecule has 1 aliphatic carbocycles. The maximum atomic E-state index is 13.5. The van der Waals surface area contributed by atoms with Crippen molar-refractivity contribution in [2.45, 2.75) is 37.1 Å². The first-order valence-electron chi connectivity index (χ1n) is 11.8. The summed E-state index contributed by atoms with van der Waals surface area (Å²) in [6.07, 6.45) is 5.72. The van der Waals surface area contributed by atoms with Gasteiger partial charge in [-0.25, -0.2) is 4.39 Å². The molecule has 3 aromatic rings. The number of furan rings is 1. The second-order valence-corrected chi connectivity index (χ2v) is 9.95. The van der Waals surface area contributed by atoms with Gasteiger partial charge in [0, 0.05) is 43.3 Å². The predicted molar refractivity (Wildman–Crippen MR) is 129 cm³/mol. The average Bonchev–Trinajstić information content (AvgIpc) is 3.63. The molecule has 5 nitrogen and oxygen atoms in total. The van der Waals surface area contributed by atoms with Gasteiger partial charge in [-0.1, -0.05) is 18.9 Å². The Hall–Kier alpha value is -2.64. The lowest BCUT2D eigenvalue weighted by atomic mass is 9.83. The molecule has 33 heavy (non-hydrogen) atoms. The zero-order chi connectivity index (χ0) is 22.7. The van der Waals surface area contributed by atoms with Crippen molar-refractivity contribution in [1.82, 2.24) is 10.2 Å². The number of benzene rings is 1. The maximum Gasteiger partial charge on any atom is 0.231 e. The van der Waals surface area contributed by atoms with Crippen molar-refractivity contribution < 1.29 is 13.6 Å². The number of hydrogen-bond acceptors (Lipinski definition) is 5. The summed E-state index contributed by atoms with van der Waals surface area (Å²) < 4.78 is 19.1. The van der Waals surface area contributed by atoms with Crippen molar-refractivity contribution in [3.63, 3.8) is 0 Å². The average molecular weight is 468 g/mol. The number of amides is 1. The first-order chi connectivity index (χ1) is 16.2. The lowest BCUT2D eigenvalue weighted by Gasteiger charge is -2.40. The van der Waals surface area contributed by atoms with Gasteiger partial charge in [0.25, 0.3) is 0 Å². The summed E-state index contributed by atoms with van der Waals surface area (Å²) >= 11 is 1.69. The van der Waals surface area contributed by atoms with Crippen LogP contribution in [-0.4, -0.2) is 43.5 Å². The zero-order valence-electron chi connectivity index (χ0n) is 18.7. The van der Waals surface area contributed by atoms with E-state index in [4.69, 9.17) is 4.42 Å². The van der Waals surface area contributed by atoms with Crippen LogP contribution in [0.2, 0.25) is 0 Å². The molecule has 1 aromatic carbocycles. The first-order valence-corrected chi connectivity index (χ1v) is 12.6. The number of hydrogen-bond donors (Lipinski definition) is 1. The fraction of sp³-hybridized carbons (Fsp3) is 0.423. The summed E-state index contributed by atoms with van der Waals surface area (Å²) in [5, 5.41) is 5.36. The molecule has 2 fully saturated rings. The Morgan fingerprint density at radius 2 is 1.82 bits per heavy atom. The Morgan fingerprint density at radius 1 is 1.06 bits per heavy atom. The van der Waals surface area contributed by atoms with Gasteiger partial charge in [-0.05, 0) is 60.7 Å². The van der Waals surface area contributed by atoms with E-state index in [1.807, 2.05) is 30.3 Å². The van der Waals surface area contributed by atoms with Gasteiger partial charge in [0.15, 0.2) is 0 Å². The van der Waals surface area contributed by atoms with E-state index in [0.29, 0.717) is 6.54 Å². The predicted octanol–water partition coefficient (Wildman–Crippen LogP) is 4.97. The van der Waals surface area contributed by atoms with Gasteiger partial charge >= 0.3 is 0 Å². The highest BCUT2D eigenvalue weighted by molar-refractivity contribution is 7.10. The Bertz CT molecular complexity index is 1020. The van der Waals surface area contributed by atoms with E-state index in [-0.39, 0.29) is 23.2 Å². The largest absolute Gasteiger partial charge is 0.468 e.